The van der Waals surface area contributed by atoms with Gasteiger partial charge in [0.05, 0.1) is 26.2 Å². The average Bonchev–Trinajstić information content (AvgIpc) is 2.03. The van der Waals surface area contributed by atoms with Gasteiger partial charge in [0.2, 0.25) is 0 Å². The zero-order valence-corrected chi connectivity index (χ0v) is 9.27. The molecule has 1 N–H and O–H groups in total. The summed E-state index contributed by atoms with van der Waals surface area (Å²) in [4.78, 5) is 0. The maximum absolute atomic E-state index is 3.42. The lowest BCUT2D eigenvalue weighted by atomic mass is 9.72. The minimum Gasteiger partial charge on any atom is -0.324 e. The molecule has 1 spiro atoms. The summed E-state index contributed by atoms with van der Waals surface area (Å²) < 4.78 is 1.29. The van der Waals surface area contributed by atoms with Crippen molar-refractivity contribution in [3.05, 3.63) is 0 Å². The zero-order chi connectivity index (χ0) is 9.53. The normalized spacial score (nSPS) is 30.5. The van der Waals surface area contributed by atoms with Crippen molar-refractivity contribution in [3.8, 4) is 0 Å². The van der Waals surface area contributed by atoms with Crippen LogP contribution >= 0.6 is 0 Å². The molecule has 0 aromatic rings. The standard InChI is InChI=1S/C11H23N2/c1-10(2)13(3)6-4-11(5-7-13)8-12-9-11/h10,12H,4-9H2,1-3H3/q+1. The van der Waals surface area contributed by atoms with Gasteiger partial charge in [0, 0.05) is 31.3 Å². The summed E-state index contributed by atoms with van der Waals surface area (Å²) in [5, 5.41) is 3.42. The van der Waals surface area contributed by atoms with Crippen LogP contribution in [0, 0.1) is 5.41 Å². The van der Waals surface area contributed by atoms with Crippen molar-refractivity contribution in [1.82, 2.24) is 5.32 Å². The van der Waals surface area contributed by atoms with Crippen molar-refractivity contribution in [2.24, 2.45) is 5.41 Å². The second-order valence-corrected chi connectivity index (χ2v) is 5.62. The molecule has 2 saturated heterocycles. The van der Waals surface area contributed by atoms with Gasteiger partial charge in [-0.05, 0) is 13.8 Å². The Morgan fingerprint density at radius 1 is 1.15 bits per heavy atom. The lowest BCUT2D eigenvalue weighted by Gasteiger charge is -2.52. The van der Waals surface area contributed by atoms with Crippen LogP contribution in [0.4, 0.5) is 0 Å². The third kappa shape index (κ3) is 1.50. The van der Waals surface area contributed by atoms with Crippen LogP contribution in [-0.2, 0) is 0 Å². The number of hydrogen-bond donors (Lipinski definition) is 1. The van der Waals surface area contributed by atoms with Crippen LogP contribution < -0.4 is 5.32 Å². The SMILES string of the molecule is CC(C)[N+]1(C)CCC2(CC1)CNC2. The van der Waals surface area contributed by atoms with E-state index in [2.05, 4.69) is 26.2 Å². The Morgan fingerprint density at radius 3 is 2.00 bits per heavy atom. The van der Waals surface area contributed by atoms with E-state index in [1.165, 1.54) is 43.5 Å². The third-order valence-corrected chi connectivity index (χ3v) is 4.55. The van der Waals surface area contributed by atoms with E-state index in [0.717, 1.165) is 6.04 Å². The fourth-order valence-electron chi connectivity index (χ4n) is 2.57. The van der Waals surface area contributed by atoms with Crippen LogP contribution in [0.1, 0.15) is 26.7 Å². The van der Waals surface area contributed by atoms with Crippen LogP contribution in [-0.4, -0.2) is 43.8 Å². The van der Waals surface area contributed by atoms with Crippen LogP contribution in [0.3, 0.4) is 0 Å². The molecule has 0 unspecified atom stereocenters. The Hall–Kier alpha value is -0.0800. The summed E-state index contributed by atoms with van der Waals surface area (Å²) in [6, 6.07) is 0.797. The number of piperidine rings is 1. The Balaban J connectivity index is 1.95. The molecule has 0 atom stereocenters. The molecule has 0 aliphatic carbocycles. The van der Waals surface area contributed by atoms with Crippen LogP contribution in [0.5, 0.6) is 0 Å². The molecule has 0 amide bonds. The molecule has 2 nitrogen and oxygen atoms in total. The second kappa shape index (κ2) is 2.96. The van der Waals surface area contributed by atoms with E-state index >= 15 is 0 Å². The minimum atomic E-state index is 0.715. The van der Waals surface area contributed by atoms with Crippen molar-refractivity contribution in [2.45, 2.75) is 32.7 Å². The van der Waals surface area contributed by atoms with E-state index in [1.54, 1.807) is 0 Å². The molecule has 0 bridgehead atoms. The van der Waals surface area contributed by atoms with Gasteiger partial charge in [-0.3, -0.25) is 0 Å². The first-order chi connectivity index (χ1) is 6.06. The Morgan fingerprint density at radius 2 is 1.69 bits per heavy atom. The summed E-state index contributed by atoms with van der Waals surface area (Å²) in [6.07, 6.45) is 2.88. The molecule has 0 saturated carbocycles. The van der Waals surface area contributed by atoms with Crippen LogP contribution in [0.25, 0.3) is 0 Å². The predicted octanol–water partition coefficient (Wildman–Crippen LogP) is 1.22. The fourth-order valence-corrected chi connectivity index (χ4v) is 2.57. The van der Waals surface area contributed by atoms with Crippen LogP contribution in [0.2, 0.25) is 0 Å². The average molecular weight is 183 g/mol. The number of quaternary nitrogens is 1. The largest absolute Gasteiger partial charge is 0.324 e. The zero-order valence-electron chi connectivity index (χ0n) is 9.27. The molecule has 76 valence electrons. The highest BCUT2D eigenvalue weighted by Gasteiger charge is 2.45. The number of hydrogen-bond acceptors (Lipinski definition) is 1. The Labute approximate surface area is 81.9 Å². The molecule has 0 radical (unpaired) electrons. The summed E-state index contributed by atoms with van der Waals surface area (Å²) in [5.74, 6) is 0. The van der Waals surface area contributed by atoms with Crippen LogP contribution in [0.15, 0.2) is 0 Å². The van der Waals surface area contributed by atoms with E-state index in [1.807, 2.05) is 0 Å². The molecule has 2 fully saturated rings. The highest BCUT2D eigenvalue weighted by molar-refractivity contribution is 4.93. The summed E-state index contributed by atoms with van der Waals surface area (Å²) in [7, 11) is 2.42. The van der Waals surface area contributed by atoms with Gasteiger partial charge in [0.25, 0.3) is 0 Å². The van der Waals surface area contributed by atoms with Crippen molar-refractivity contribution in [1.29, 1.82) is 0 Å². The molecule has 2 aliphatic rings. The van der Waals surface area contributed by atoms with Gasteiger partial charge < -0.3 is 9.80 Å². The topological polar surface area (TPSA) is 12.0 Å². The molecule has 0 aromatic carbocycles. The highest BCUT2D eigenvalue weighted by Crippen LogP contribution is 2.37. The van der Waals surface area contributed by atoms with Gasteiger partial charge in [-0.15, -0.1) is 0 Å². The maximum atomic E-state index is 3.42. The summed E-state index contributed by atoms with van der Waals surface area (Å²) in [6.45, 7) is 10.1. The van der Waals surface area contributed by atoms with Gasteiger partial charge >= 0.3 is 0 Å². The van der Waals surface area contributed by atoms with Crippen molar-refractivity contribution in [2.75, 3.05) is 33.2 Å². The first-order valence-corrected chi connectivity index (χ1v) is 5.61. The van der Waals surface area contributed by atoms with Crippen molar-refractivity contribution in [3.63, 3.8) is 0 Å². The number of nitrogens with one attached hydrogen (secondary N) is 1. The Bertz CT molecular complexity index is 184. The molecule has 13 heavy (non-hydrogen) atoms. The summed E-state index contributed by atoms with van der Waals surface area (Å²) >= 11 is 0. The van der Waals surface area contributed by atoms with Gasteiger partial charge in [-0.25, -0.2) is 0 Å². The first kappa shape index (κ1) is 9.47. The molecular weight excluding hydrogens is 160 g/mol. The minimum absolute atomic E-state index is 0.715. The highest BCUT2D eigenvalue weighted by atomic mass is 15.4. The van der Waals surface area contributed by atoms with Gasteiger partial charge in [0.15, 0.2) is 0 Å². The maximum Gasteiger partial charge on any atom is 0.0831 e. The lowest BCUT2D eigenvalue weighted by Crippen LogP contribution is -2.63. The smallest absolute Gasteiger partial charge is 0.0831 e. The lowest BCUT2D eigenvalue weighted by molar-refractivity contribution is -0.936. The molecule has 2 aliphatic heterocycles. The van der Waals surface area contributed by atoms with Gasteiger partial charge in [-0.2, -0.15) is 0 Å². The van der Waals surface area contributed by atoms with E-state index in [9.17, 15) is 0 Å². The van der Waals surface area contributed by atoms with E-state index in [-0.39, 0.29) is 0 Å². The molecule has 2 rings (SSSR count). The van der Waals surface area contributed by atoms with Crippen molar-refractivity contribution >= 4 is 0 Å². The van der Waals surface area contributed by atoms with Gasteiger partial charge in [0.1, 0.15) is 0 Å². The van der Waals surface area contributed by atoms with E-state index in [4.69, 9.17) is 0 Å². The monoisotopic (exact) mass is 183 g/mol. The second-order valence-electron chi connectivity index (χ2n) is 5.62. The number of nitrogens with zero attached hydrogens (tertiary/aromatic N) is 1. The van der Waals surface area contributed by atoms with E-state index < -0.39 is 0 Å². The fraction of sp³-hybridized carbons (Fsp3) is 1.00. The number of likely N-dealkylation sites (tertiary alicyclic amines) is 1. The quantitative estimate of drug-likeness (QED) is 0.603. The molecule has 2 heteroatoms. The van der Waals surface area contributed by atoms with E-state index in [0.29, 0.717) is 5.41 Å². The molecular formula is C11H23N2+. The van der Waals surface area contributed by atoms with Gasteiger partial charge in [-0.1, -0.05) is 0 Å². The Kier molecular flexibility index (Phi) is 2.16. The van der Waals surface area contributed by atoms with Crippen molar-refractivity contribution < 1.29 is 4.48 Å². The third-order valence-electron chi connectivity index (χ3n) is 4.55. The summed E-state index contributed by atoms with van der Waals surface area (Å²) in [5.41, 5.74) is 0.715. The predicted molar refractivity (Wildman–Crippen MR) is 55.6 cm³/mol. The molecule has 0 aromatic heterocycles. The first-order valence-electron chi connectivity index (χ1n) is 5.61. The number of rotatable bonds is 1. The molecule has 2 heterocycles.